The molecule has 0 amide bonds. The van der Waals surface area contributed by atoms with Gasteiger partial charge in [-0.1, -0.05) is 36.8 Å². The molecule has 0 bridgehead atoms. The maximum absolute atomic E-state index is 9.39. The summed E-state index contributed by atoms with van der Waals surface area (Å²) >= 11 is 0. The molecule has 3 atom stereocenters. The van der Waals surface area contributed by atoms with Gasteiger partial charge in [0.05, 0.1) is 12.0 Å². The molecular weight excluding hydrogens is 234 g/mol. The van der Waals surface area contributed by atoms with Crippen LogP contribution in [0, 0.1) is 17.2 Å². The summed E-state index contributed by atoms with van der Waals surface area (Å²) in [5.41, 5.74) is 6.96. The minimum absolute atomic E-state index is 0.0507. The first-order valence-electron chi connectivity index (χ1n) is 7.11. The van der Waals surface area contributed by atoms with Crippen LogP contribution in [0.25, 0.3) is 0 Å². The average Bonchev–Trinajstić information content (AvgIpc) is 2.94. The molecule has 102 valence electrons. The van der Waals surface area contributed by atoms with Gasteiger partial charge >= 0.3 is 0 Å². The fourth-order valence-electron chi connectivity index (χ4n) is 3.20. The average molecular weight is 257 g/mol. The zero-order chi connectivity index (χ0) is 13.7. The van der Waals surface area contributed by atoms with Crippen molar-refractivity contribution in [1.29, 1.82) is 5.26 Å². The van der Waals surface area contributed by atoms with Crippen LogP contribution in [-0.4, -0.2) is 31.1 Å². The van der Waals surface area contributed by atoms with Gasteiger partial charge in [-0.2, -0.15) is 5.26 Å². The highest BCUT2D eigenvalue weighted by molar-refractivity contribution is 5.25. The number of nitrogens with two attached hydrogens (primary N) is 1. The number of rotatable bonds is 5. The Morgan fingerprint density at radius 2 is 2.11 bits per heavy atom. The molecule has 1 aliphatic rings. The molecular formula is C16H23N3. The lowest BCUT2D eigenvalue weighted by molar-refractivity contribution is 0.197. The predicted molar refractivity (Wildman–Crippen MR) is 77.6 cm³/mol. The van der Waals surface area contributed by atoms with Gasteiger partial charge in [-0.05, 0) is 37.9 Å². The number of likely N-dealkylation sites (N-methyl/N-ethyl adjacent to an activating group) is 1. The summed E-state index contributed by atoms with van der Waals surface area (Å²) in [6.45, 7) is 1.55. The minimum atomic E-state index is -0.0507. The van der Waals surface area contributed by atoms with Gasteiger partial charge in [0.2, 0.25) is 0 Å². The van der Waals surface area contributed by atoms with E-state index in [1.165, 1.54) is 19.3 Å². The Labute approximate surface area is 116 Å². The molecule has 1 aromatic rings. The van der Waals surface area contributed by atoms with Crippen molar-refractivity contribution >= 4 is 0 Å². The molecule has 0 radical (unpaired) electrons. The topological polar surface area (TPSA) is 53.0 Å². The lowest BCUT2D eigenvalue weighted by Gasteiger charge is -2.30. The van der Waals surface area contributed by atoms with Gasteiger partial charge in [-0.3, -0.25) is 0 Å². The maximum Gasteiger partial charge on any atom is 0.0839 e. The summed E-state index contributed by atoms with van der Waals surface area (Å²) in [6, 6.07) is 13.0. The van der Waals surface area contributed by atoms with E-state index < -0.39 is 0 Å². The van der Waals surface area contributed by atoms with Crippen molar-refractivity contribution in [2.24, 2.45) is 11.7 Å². The highest BCUT2D eigenvalue weighted by Crippen LogP contribution is 2.29. The molecule has 1 fully saturated rings. The summed E-state index contributed by atoms with van der Waals surface area (Å²) in [5.74, 6) is 0.547. The zero-order valence-corrected chi connectivity index (χ0v) is 11.6. The van der Waals surface area contributed by atoms with Gasteiger partial charge < -0.3 is 10.6 Å². The molecule has 0 heterocycles. The van der Waals surface area contributed by atoms with Crippen molar-refractivity contribution in [3.8, 4) is 6.07 Å². The minimum Gasteiger partial charge on any atom is -0.330 e. The summed E-state index contributed by atoms with van der Waals surface area (Å²) in [7, 11) is 2.13. The van der Waals surface area contributed by atoms with Crippen LogP contribution in [-0.2, 0) is 0 Å². The van der Waals surface area contributed by atoms with E-state index in [2.05, 4.69) is 18.0 Å². The molecule has 3 nitrogen and oxygen atoms in total. The van der Waals surface area contributed by atoms with Gasteiger partial charge in [0.15, 0.2) is 0 Å². The predicted octanol–water partition coefficient (Wildman–Crippen LogP) is 2.35. The number of nitrogens with zero attached hydrogens (tertiary/aromatic N) is 2. The van der Waals surface area contributed by atoms with Crippen LogP contribution in [0.3, 0.4) is 0 Å². The Kier molecular flexibility index (Phi) is 4.95. The SMILES string of the molecule is CN(CC(C#N)c1ccccc1)C1CCCC1CN. The van der Waals surface area contributed by atoms with Crippen LogP contribution in [0.5, 0.6) is 0 Å². The van der Waals surface area contributed by atoms with Gasteiger partial charge in [0.1, 0.15) is 0 Å². The van der Waals surface area contributed by atoms with Crippen molar-refractivity contribution in [3.63, 3.8) is 0 Å². The Balaban J connectivity index is 2.01. The van der Waals surface area contributed by atoms with E-state index in [1.807, 2.05) is 30.3 Å². The van der Waals surface area contributed by atoms with Crippen molar-refractivity contribution in [2.75, 3.05) is 20.1 Å². The molecule has 3 heteroatoms. The molecule has 0 aliphatic heterocycles. The van der Waals surface area contributed by atoms with Crippen molar-refractivity contribution in [3.05, 3.63) is 35.9 Å². The highest BCUT2D eigenvalue weighted by atomic mass is 15.1. The van der Waals surface area contributed by atoms with E-state index in [0.717, 1.165) is 18.7 Å². The second kappa shape index (κ2) is 6.70. The lowest BCUT2D eigenvalue weighted by atomic mass is 9.97. The lowest BCUT2D eigenvalue weighted by Crippen LogP contribution is -2.39. The molecule has 1 aliphatic carbocycles. The van der Waals surface area contributed by atoms with E-state index >= 15 is 0 Å². The van der Waals surface area contributed by atoms with E-state index in [-0.39, 0.29) is 5.92 Å². The Morgan fingerprint density at radius 3 is 2.74 bits per heavy atom. The monoisotopic (exact) mass is 257 g/mol. The van der Waals surface area contributed by atoms with Gasteiger partial charge in [0.25, 0.3) is 0 Å². The third-order valence-electron chi connectivity index (χ3n) is 4.32. The third kappa shape index (κ3) is 3.34. The zero-order valence-electron chi connectivity index (χ0n) is 11.6. The molecule has 19 heavy (non-hydrogen) atoms. The maximum atomic E-state index is 9.39. The Bertz CT molecular complexity index is 423. The van der Waals surface area contributed by atoms with Crippen molar-refractivity contribution in [1.82, 2.24) is 4.90 Å². The Hall–Kier alpha value is -1.37. The molecule has 1 aromatic carbocycles. The van der Waals surface area contributed by atoms with Crippen molar-refractivity contribution in [2.45, 2.75) is 31.2 Å². The van der Waals surface area contributed by atoms with Gasteiger partial charge in [-0.15, -0.1) is 0 Å². The number of hydrogen-bond donors (Lipinski definition) is 1. The molecule has 1 saturated carbocycles. The summed E-state index contributed by atoms with van der Waals surface area (Å²) in [6.07, 6.45) is 3.71. The van der Waals surface area contributed by atoms with Crippen LogP contribution < -0.4 is 5.73 Å². The van der Waals surface area contributed by atoms with Crippen molar-refractivity contribution < 1.29 is 0 Å². The van der Waals surface area contributed by atoms with Crippen LogP contribution in [0.1, 0.15) is 30.7 Å². The highest BCUT2D eigenvalue weighted by Gasteiger charge is 2.30. The van der Waals surface area contributed by atoms with Crippen LogP contribution >= 0.6 is 0 Å². The molecule has 0 saturated heterocycles. The van der Waals surface area contributed by atoms with Crippen LogP contribution in [0.2, 0.25) is 0 Å². The normalized spacial score (nSPS) is 24.3. The van der Waals surface area contributed by atoms with E-state index in [0.29, 0.717) is 12.0 Å². The summed E-state index contributed by atoms with van der Waals surface area (Å²) < 4.78 is 0. The molecule has 0 aromatic heterocycles. The van der Waals surface area contributed by atoms with Crippen LogP contribution in [0.4, 0.5) is 0 Å². The first-order valence-corrected chi connectivity index (χ1v) is 7.11. The van der Waals surface area contributed by atoms with Crippen LogP contribution in [0.15, 0.2) is 30.3 Å². The van der Waals surface area contributed by atoms with E-state index in [1.54, 1.807) is 0 Å². The second-order valence-electron chi connectivity index (χ2n) is 5.53. The van der Waals surface area contributed by atoms with Gasteiger partial charge in [0, 0.05) is 12.6 Å². The van der Waals surface area contributed by atoms with Gasteiger partial charge in [-0.25, -0.2) is 0 Å². The smallest absolute Gasteiger partial charge is 0.0839 e. The quantitative estimate of drug-likeness (QED) is 0.881. The largest absolute Gasteiger partial charge is 0.330 e. The van der Waals surface area contributed by atoms with E-state index in [4.69, 9.17) is 5.73 Å². The summed E-state index contributed by atoms with van der Waals surface area (Å²) in [4.78, 5) is 2.34. The fourth-order valence-corrected chi connectivity index (χ4v) is 3.20. The number of benzene rings is 1. The first-order chi connectivity index (χ1) is 9.26. The summed E-state index contributed by atoms with van der Waals surface area (Å²) in [5, 5.41) is 9.39. The Morgan fingerprint density at radius 1 is 1.37 bits per heavy atom. The number of nitriles is 1. The first kappa shape index (κ1) is 14.0. The fraction of sp³-hybridized carbons (Fsp3) is 0.562. The standard InChI is InChI=1S/C16H23N3/c1-19(16-9-5-8-14(16)10-17)12-15(11-18)13-6-3-2-4-7-13/h2-4,6-7,14-16H,5,8-10,12,17H2,1H3. The molecule has 3 unspecified atom stereocenters. The molecule has 2 N–H and O–H groups in total. The second-order valence-corrected chi connectivity index (χ2v) is 5.53. The number of hydrogen-bond acceptors (Lipinski definition) is 3. The third-order valence-corrected chi connectivity index (χ3v) is 4.32. The molecule has 0 spiro atoms. The van der Waals surface area contributed by atoms with E-state index in [9.17, 15) is 5.26 Å². The molecule has 2 rings (SSSR count).